The SMILES string of the molecule is C=CC.O=CC1CCCCC1. The number of hydrogen-bond donors (Lipinski definition) is 0. The summed E-state index contributed by atoms with van der Waals surface area (Å²) in [7, 11) is 0. The number of hydrogen-bond acceptors (Lipinski definition) is 1. The van der Waals surface area contributed by atoms with Crippen molar-refractivity contribution in [1.29, 1.82) is 0 Å². The minimum absolute atomic E-state index is 0.406. The van der Waals surface area contributed by atoms with Crippen LogP contribution in [0.15, 0.2) is 12.7 Å². The topological polar surface area (TPSA) is 17.1 Å². The molecule has 0 N–H and O–H groups in total. The lowest BCUT2D eigenvalue weighted by molar-refractivity contribution is -0.111. The maximum atomic E-state index is 10.2. The van der Waals surface area contributed by atoms with Crippen LogP contribution in [0.3, 0.4) is 0 Å². The Bertz CT molecular complexity index is 101. The van der Waals surface area contributed by atoms with Crippen LogP contribution >= 0.6 is 0 Å². The number of aldehydes is 1. The number of carbonyl (C=O) groups excluding carboxylic acids is 1. The van der Waals surface area contributed by atoms with Crippen molar-refractivity contribution in [1.82, 2.24) is 0 Å². The molecular weight excluding hydrogens is 136 g/mol. The highest BCUT2D eigenvalue weighted by molar-refractivity contribution is 5.53. The molecule has 64 valence electrons. The summed E-state index contributed by atoms with van der Waals surface area (Å²) < 4.78 is 0. The molecule has 0 aromatic heterocycles. The molecular formula is C10H18O. The van der Waals surface area contributed by atoms with Gasteiger partial charge in [0.2, 0.25) is 0 Å². The van der Waals surface area contributed by atoms with Gasteiger partial charge in [-0.1, -0.05) is 25.3 Å². The Morgan fingerprint density at radius 3 is 2.00 bits per heavy atom. The molecule has 11 heavy (non-hydrogen) atoms. The molecule has 1 aliphatic rings. The first kappa shape index (κ1) is 10.4. The van der Waals surface area contributed by atoms with Crippen molar-refractivity contribution in [3.05, 3.63) is 12.7 Å². The summed E-state index contributed by atoms with van der Waals surface area (Å²) in [4.78, 5) is 10.2. The van der Waals surface area contributed by atoms with E-state index in [9.17, 15) is 4.79 Å². The van der Waals surface area contributed by atoms with Crippen LogP contribution in [-0.2, 0) is 4.79 Å². The second-order valence-corrected chi connectivity index (χ2v) is 2.94. The van der Waals surface area contributed by atoms with E-state index in [-0.39, 0.29) is 0 Å². The second kappa shape index (κ2) is 7.52. The van der Waals surface area contributed by atoms with Gasteiger partial charge in [-0.05, 0) is 19.8 Å². The third-order valence-electron chi connectivity index (χ3n) is 1.84. The molecule has 0 amide bonds. The van der Waals surface area contributed by atoms with Gasteiger partial charge < -0.3 is 4.79 Å². The molecule has 0 atom stereocenters. The molecule has 0 saturated heterocycles. The Labute approximate surface area is 69.5 Å². The largest absolute Gasteiger partial charge is 0.303 e. The lowest BCUT2D eigenvalue weighted by Gasteiger charge is -2.14. The Balaban J connectivity index is 0.000000292. The highest BCUT2D eigenvalue weighted by atomic mass is 16.1. The summed E-state index contributed by atoms with van der Waals surface area (Å²) in [6.45, 7) is 5.25. The molecule has 1 heteroatoms. The van der Waals surface area contributed by atoms with Crippen LogP contribution in [0, 0.1) is 5.92 Å². The smallest absolute Gasteiger partial charge is 0.123 e. The maximum absolute atomic E-state index is 10.2. The quantitative estimate of drug-likeness (QED) is 0.419. The fraction of sp³-hybridized carbons (Fsp3) is 0.700. The highest BCUT2D eigenvalue weighted by Crippen LogP contribution is 2.21. The summed E-state index contributed by atoms with van der Waals surface area (Å²) in [5.41, 5.74) is 0. The van der Waals surface area contributed by atoms with Crippen LogP contribution < -0.4 is 0 Å². The molecule has 0 bridgehead atoms. The highest BCUT2D eigenvalue weighted by Gasteiger charge is 2.10. The standard InChI is InChI=1S/C7H12O.C3H6/c8-6-7-4-2-1-3-5-7;1-3-2/h6-7H,1-5H2;3H,1H2,2H3. The van der Waals surface area contributed by atoms with Gasteiger partial charge in [-0.25, -0.2) is 0 Å². The summed E-state index contributed by atoms with van der Waals surface area (Å²) in [6.07, 6.45) is 9.02. The Morgan fingerprint density at radius 2 is 1.73 bits per heavy atom. The molecule has 0 aromatic rings. The van der Waals surface area contributed by atoms with E-state index < -0.39 is 0 Å². The number of rotatable bonds is 1. The minimum Gasteiger partial charge on any atom is -0.303 e. The first-order chi connectivity index (χ1) is 5.35. The normalized spacial score (nSPS) is 17.9. The Hall–Kier alpha value is -0.590. The fourth-order valence-electron chi connectivity index (χ4n) is 1.27. The van der Waals surface area contributed by atoms with Gasteiger partial charge in [-0.2, -0.15) is 0 Å². The summed E-state index contributed by atoms with van der Waals surface area (Å²) in [6, 6.07) is 0. The lowest BCUT2D eigenvalue weighted by atomic mass is 9.91. The average molecular weight is 154 g/mol. The maximum Gasteiger partial charge on any atom is 0.123 e. The van der Waals surface area contributed by atoms with Gasteiger partial charge in [0.25, 0.3) is 0 Å². The Morgan fingerprint density at radius 1 is 1.27 bits per heavy atom. The van der Waals surface area contributed by atoms with Gasteiger partial charge in [0, 0.05) is 5.92 Å². The van der Waals surface area contributed by atoms with Crippen LogP contribution in [0.4, 0.5) is 0 Å². The third kappa shape index (κ3) is 5.84. The zero-order chi connectivity index (χ0) is 8.53. The van der Waals surface area contributed by atoms with Gasteiger partial charge in [0.1, 0.15) is 6.29 Å². The van der Waals surface area contributed by atoms with Crippen molar-refractivity contribution in [3.8, 4) is 0 Å². The molecule has 1 fully saturated rings. The third-order valence-corrected chi connectivity index (χ3v) is 1.84. The van der Waals surface area contributed by atoms with E-state index in [2.05, 4.69) is 6.58 Å². The monoisotopic (exact) mass is 154 g/mol. The molecule has 0 unspecified atom stereocenters. The van der Waals surface area contributed by atoms with Gasteiger partial charge in [0.15, 0.2) is 0 Å². The fourth-order valence-corrected chi connectivity index (χ4v) is 1.27. The predicted octanol–water partition coefficient (Wildman–Crippen LogP) is 2.96. The van der Waals surface area contributed by atoms with Crippen LogP contribution in [0.2, 0.25) is 0 Å². The lowest BCUT2D eigenvalue weighted by Crippen LogP contribution is -2.06. The van der Waals surface area contributed by atoms with E-state index in [0.29, 0.717) is 5.92 Å². The molecule has 1 nitrogen and oxygen atoms in total. The molecule has 0 aromatic carbocycles. The number of allylic oxidation sites excluding steroid dienone is 1. The van der Waals surface area contributed by atoms with E-state index >= 15 is 0 Å². The van der Waals surface area contributed by atoms with Crippen LogP contribution in [0.1, 0.15) is 39.0 Å². The Kier molecular flexibility index (Phi) is 7.11. The molecule has 1 rings (SSSR count). The van der Waals surface area contributed by atoms with E-state index in [4.69, 9.17) is 0 Å². The average Bonchev–Trinajstić information content (AvgIpc) is 2.08. The van der Waals surface area contributed by atoms with Crippen molar-refractivity contribution in [2.75, 3.05) is 0 Å². The van der Waals surface area contributed by atoms with Gasteiger partial charge in [-0.15, -0.1) is 6.58 Å². The molecule has 0 heterocycles. The van der Waals surface area contributed by atoms with Crippen LogP contribution in [-0.4, -0.2) is 6.29 Å². The predicted molar refractivity (Wildman–Crippen MR) is 48.5 cm³/mol. The summed E-state index contributed by atoms with van der Waals surface area (Å²) in [5, 5.41) is 0. The minimum atomic E-state index is 0.406. The van der Waals surface area contributed by atoms with Crippen molar-refractivity contribution >= 4 is 6.29 Å². The van der Waals surface area contributed by atoms with E-state index in [1.165, 1.54) is 19.3 Å². The zero-order valence-corrected chi connectivity index (χ0v) is 7.38. The molecule has 1 aliphatic carbocycles. The molecule has 1 saturated carbocycles. The van der Waals surface area contributed by atoms with Crippen LogP contribution in [0.25, 0.3) is 0 Å². The first-order valence-corrected chi connectivity index (χ1v) is 4.37. The van der Waals surface area contributed by atoms with Crippen molar-refractivity contribution in [3.63, 3.8) is 0 Å². The van der Waals surface area contributed by atoms with Crippen molar-refractivity contribution < 1.29 is 4.79 Å². The van der Waals surface area contributed by atoms with Gasteiger partial charge in [-0.3, -0.25) is 0 Å². The van der Waals surface area contributed by atoms with Crippen molar-refractivity contribution in [2.45, 2.75) is 39.0 Å². The summed E-state index contributed by atoms with van der Waals surface area (Å²) in [5.74, 6) is 0.406. The zero-order valence-electron chi connectivity index (χ0n) is 7.38. The number of carbonyl (C=O) groups is 1. The summed E-state index contributed by atoms with van der Waals surface area (Å²) >= 11 is 0. The molecule has 0 radical (unpaired) electrons. The first-order valence-electron chi connectivity index (χ1n) is 4.37. The van der Waals surface area contributed by atoms with Crippen molar-refractivity contribution in [2.24, 2.45) is 5.92 Å². The molecule has 0 spiro atoms. The van der Waals surface area contributed by atoms with E-state index in [0.717, 1.165) is 19.1 Å². The van der Waals surface area contributed by atoms with E-state index in [1.54, 1.807) is 6.08 Å². The van der Waals surface area contributed by atoms with Crippen LogP contribution in [0.5, 0.6) is 0 Å². The van der Waals surface area contributed by atoms with Gasteiger partial charge in [0.05, 0.1) is 0 Å². The van der Waals surface area contributed by atoms with Gasteiger partial charge >= 0.3 is 0 Å². The second-order valence-electron chi connectivity index (χ2n) is 2.94. The molecule has 0 aliphatic heterocycles. The van der Waals surface area contributed by atoms with E-state index in [1.807, 2.05) is 6.92 Å².